The van der Waals surface area contributed by atoms with Crippen LogP contribution in [0.3, 0.4) is 0 Å². The number of nitrogens with zero attached hydrogens (tertiary/aromatic N) is 1. The third-order valence-corrected chi connectivity index (χ3v) is 5.06. The van der Waals surface area contributed by atoms with Crippen molar-refractivity contribution in [2.24, 2.45) is 0 Å². The first-order chi connectivity index (χ1) is 10.6. The predicted octanol–water partition coefficient (Wildman–Crippen LogP) is 2.79. The number of para-hydroxylation sites is 1. The lowest BCUT2D eigenvalue weighted by molar-refractivity contribution is 0.0936. The number of carbonyl (C=O) groups is 1. The van der Waals surface area contributed by atoms with Crippen LogP contribution in [0.1, 0.15) is 54.6 Å². The summed E-state index contributed by atoms with van der Waals surface area (Å²) >= 11 is 0. The molecular weight excluding hydrogens is 276 g/mol. The first kappa shape index (κ1) is 13.6. The molecule has 2 aromatic rings. The fourth-order valence-corrected chi connectivity index (χ4v) is 3.91. The summed E-state index contributed by atoms with van der Waals surface area (Å²) in [7, 11) is 0. The van der Waals surface area contributed by atoms with Gasteiger partial charge < -0.3 is 9.88 Å². The molecule has 0 spiro atoms. The number of pyridine rings is 1. The molecule has 0 radical (unpaired) electrons. The summed E-state index contributed by atoms with van der Waals surface area (Å²) < 4.78 is 2.09. The molecule has 22 heavy (non-hydrogen) atoms. The first-order valence-corrected chi connectivity index (χ1v) is 8.13. The van der Waals surface area contributed by atoms with Crippen LogP contribution < -0.4 is 10.7 Å². The Morgan fingerprint density at radius 2 is 2.05 bits per heavy atom. The minimum absolute atomic E-state index is 0.141. The van der Waals surface area contributed by atoms with Crippen LogP contribution in [0.25, 0.3) is 10.9 Å². The normalized spacial score (nSPS) is 20.7. The van der Waals surface area contributed by atoms with E-state index in [0.717, 1.165) is 37.6 Å². The van der Waals surface area contributed by atoms with Gasteiger partial charge in [0.25, 0.3) is 5.91 Å². The van der Waals surface area contributed by atoms with Gasteiger partial charge in [-0.1, -0.05) is 25.0 Å². The second kappa shape index (κ2) is 4.97. The SMILES string of the molecule is CC1Cc2cccc3c(=O)c(C(=O)NC4CCCC4)cn1c23. The molecule has 1 N–H and O–H groups in total. The number of rotatable bonds is 2. The first-order valence-electron chi connectivity index (χ1n) is 8.13. The Hall–Kier alpha value is -2.10. The number of carbonyl (C=O) groups excluding carboxylic acids is 1. The molecule has 1 unspecified atom stereocenters. The predicted molar refractivity (Wildman–Crippen MR) is 86.3 cm³/mol. The lowest BCUT2D eigenvalue weighted by atomic mass is 10.1. The summed E-state index contributed by atoms with van der Waals surface area (Å²) in [6.45, 7) is 2.13. The van der Waals surface area contributed by atoms with Crippen molar-refractivity contribution in [3.05, 3.63) is 45.7 Å². The molecule has 4 rings (SSSR count). The highest BCUT2D eigenvalue weighted by Crippen LogP contribution is 2.30. The number of hydrogen-bond acceptors (Lipinski definition) is 2. The van der Waals surface area contributed by atoms with E-state index in [2.05, 4.69) is 22.9 Å². The van der Waals surface area contributed by atoms with E-state index < -0.39 is 0 Å². The lowest BCUT2D eigenvalue weighted by Crippen LogP contribution is -2.36. The molecule has 2 aliphatic rings. The largest absolute Gasteiger partial charge is 0.349 e. The van der Waals surface area contributed by atoms with Gasteiger partial charge in [0.15, 0.2) is 0 Å². The second-order valence-electron chi connectivity index (χ2n) is 6.60. The van der Waals surface area contributed by atoms with E-state index in [-0.39, 0.29) is 22.9 Å². The zero-order chi connectivity index (χ0) is 15.3. The van der Waals surface area contributed by atoms with E-state index in [1.807, 2.05) is 12.1 Å². The smallest absolute Gasteiger partial charge is 0.256 e. The summed E-state index contributed by atoms with van der Waals surface area (Å²) in [5, 5.41) is 3.70. The minimum Gasteiger partial charge on any atom is -0.349 e. The summed E-state index contributed by atoms with van der Waals surface area (Å²) in [5.41, 5.74) is 2.34. The van der Waals surface area contributed by atoms with Crippen molar-refractivity contribution in [2.45, 2.75) is 51.1 Å². The van der Waals surface area contributed by atoms with E-state index in [1.165, 1.54) is 5.56 Å². The summed E-state index contributed by atoms with van der Waals surface area (Å²) in [4.78, 5) is 25.2. The van der Waals surface area contributed by atoms with E-state index in [9.17, 15) is 9.59 Å². The number of amides is 1. The second-order valence-corrected chi connectivity index (χ2v) is 6.60. The molecule has 1 atom stereocenters. The van der Waals surface area contributed by atoms with Crippen LogP contribution in [0, 0.1) is 0 Å². The van der Waals surface area contributed by atoms with Crippen LogP contribution in [0.5, 0.6) is 0 Å². The van der Waals surface area contributed by atoms with Crippen LogP contribution in [-0.2, 0) is 6.42 Å². The number of nitrogens with one attached hydrogen (secondary N) is 1. The fraction of sp³-hybridized carbons (Fsp3) is 0.444. The van der Waals surface area contributed by atoms with Gasteiger partial charge >= 0.3 is 0 Å². The van der Waals surface area contributed by atoms with Crippen LogP contribution >= 0.6 is 0 Å². The Balaban J connectivity index is 1.81. The van der Waals surface area contributed by atoms with Crippen molar-refractivity contribution in [2.75, 3.05) is 0 Å². The number of hydrogen-bond donors (Lipinski definition) is 1. The van der Waals surface area contributed by atoms with Crippen molar-refractivity contribution in [3.8, 4) is 0 Å². The number of benzene rings is 1. The van der Waals surface area contributed by atoms with Gasteiger partial charge in [-0.05, 0) is 37.8 Å². The van der Waals surface area contributed by atoms with Crippen molar-refractivity contribution >= 4 is 16.8 Å². The van der Waals surface area contributed by atoms with Gasteiger partial charge in [0.05, 0.1) is 5.52 Å². The average molecular weight is 296 g/mol. The zero-order valence-electron chi connectivity index (χ0n) is 12.8. The van der Waals surface area contributed by atoms with Gasteiger partial charge in [-0.2, -0.15) is 0 Å². The molecule has 4 heteroatoms. The van der Waals surface area contributed by atoms with Gasteiger partial charge in [0.2, 0.25) is 5.43 Å². The molecule has 4 nitrogen and oxygen atoms in total. The summed E-state index contributed by atoms with van der Waals surface area (Å²) in [6.07, 6.45) is 7.04. The molecule has 1 amide bonds. The van der Waals surface area contributed by atoms with Gasteiger partial charge in [-0.25, -0.2) is 0 Å². The van der Waals surface area contributed by atoms with Crippen molar-refractivity contribution in [1.82, 2.24) is 9.88 Å². The minimum atomic E-state index is -0.216. The van der Waals surface area contributed by atoms with E-state index in [0.29, 0.717) is 11.4 Å². The highest BCUT2D eigenvalue weighted by atomic mass is 16.2. The third-order valence-electron chi connectivity index (χ3n) is 5.06. The zero-order valence-corrected chi connectivity index (χ0v) is 12.8. The summed E-state index contributed by atoms with van der Waals surface area (Å²) in [6, 6.07) is 6.34. The average Bonchev–Trinajstić information content (AvgIpc) is 3.11. The topological polar surface area (TPSA) is 51.1 Å². The molecule has 1 aliphatic heterocycles. The summed E-state index contributed by atoms with van der Waals surface area (Å²) in [5.74, 6) is -0.216. The van der Waals surface area contributed by atoms with Gasteiger partial charge in [0.1, 0.15) is 5.56 Å². The molecule has 0 saturated heterocycles. The third kappa shape index (κ3) is 1.97. The Morgan fingerprint density at radius 1 is 1.27 bits per heavy atom. The maximum atomic E-state index is 12.7. The maximum absolute atomic E-state index is 12.7. The van der Waals surface area contributed by atoms with Crippen molar-refractivity contribution in [1.29, 1.82) is 0 Å². The highest BCUT2D eigenvalue weighted by molar-refractivity contribution is 5.98. The van der Waals surface area contributed by atoms with Gasteiger partial charge in [-0.3, -0.25) is 9.59 Å². The van der Waals surface area contributed by atoms with Crippen LogP contribution in [0.15, 0.2) is 29.2 Å². The van der Waals surface area contributed by atoms with Crippen LogP contribution in [0.2, 0.25) is 0 Å². The number of aromatic nitrogens is 1. The molecule has 1 aromatic carbocycles. The van der Waals surface area contributed by atoms with Crippen LogP contribution in [0.4, 0.5) is 0 Å². The standard InChI is InChI=1S/C18H20N2O2/c1-11-9-12-5-4-8-14-16(12)20(11)10-15(17(14)21)18(22)19-13-6-2-3-7-13/h4-5,8,10-11,13H,2-3,6-7,9H2,1H3,(H,19,22). The molecule has 1 aromatic heterocycles. The fourth-order valence-electron chi connectivity index (χ4n) is 3.91. The quantitative estimate of drug-likeness (QED) is 0.926. The molecular formula is C18H20N2O2. The van der Waals surface area contributed by atoms with Gasteiger partial charge in [0, 0.05) is 23.7 Å². The lowest BCUT2D eigenvalue weighted by Gasteiger charge is -2.15. The monoisotopic (exact) mass is 296 g/mol. The Kier molecular flexibility index (Phi) is 3.06. The van der Waals surface area contributed by atoms with E-state index >= 15 is 0 Å². The maximum Gasteiger partial charge on any atom is 0.256 e. The van der Waals surface area contributed by atoms with Gasteiger partial charge in [-0.15, -0.1) is 0 Å². The van der Waals surface area contributed by atoms with Crippen molar-refractivity contribution < 1.29 is 4.79 Å². The highest BCUT2D eigenvalue weighted by Gasteiger charge is 2.25. The van der Waals surface area contributed by atoms with Crippen LogP contribution in [-0.4, -0.2) is 16.5 Å². The Morgan fingerprint density at radius 3 is 2.82 bits per heavy atom. The molecule has 0 bridgehead atoms. The van der Waals surface area contributed by atoms with E-state index in [1.54, 1.807) is 6.20 Å². The molecule has 2 heterocycles. The Labute approximate surface area is 129 Å². The molecule has 1 saturated carbocycles. The molecule has 114 valence electrons. The molecule has 1 aliphatic carbocycles. The molecule has 1 fully saturated rings. The Bertz CT molecular complexity index is 816. The van der Waals surface area contributed by atoms with Crippen molar-refractivity contribution in [3.63, 3.8) is 0 Å². The van der Waals surface area contributed by atoms with E-state index in [4.69, 9.17) is 0 Å².